The molecule has 6 nitrogen and oxygen atoms in total. The van der Waals surface area contributed by atoms with E-state index in [0.29, 0.717) is 35.1 Å². The second-order valence-electron chi connectivity index (χ2n) is 5.42. The van der Waals surface area contributed by atoms with Crippen LogP contribution in [0.25, 0.3) is 0 Å². The molecule has 0 fully saturated rings. The van der Waals surface area contributed by atoms with E-state index in [1.54, 1.807) is 62.6 Å². The average Bonchev–Trinajstić information content (AvgIpc) is 2.62. The van der Waals surface area contributed by atoms with Crippen molar-refractivity contribution in [3.8, 4) is 5.75 Å². The lowest BCUT2D eigenvalue weighted by atomic mass is 10.2. The monoisotopic (exact) mass is 375 g/mol. The largest absolute Gasteiger partial charge is 0.491 e. The van der Waals surface area contributed by atoms with Crippen LogP contribution in [-0.2, 0) is 9.53 Å². The van der Waals surface area contributed by atoms with Crippen molar-refractivity contribution in [3.63, 3.8) is 0 Å². The molecule has 2 rings (SSSR count). The number of ether oxygens (including phenoxy) is 2. The first kappa shape index (κ1) is 19.8. The zero-order chi connectivity index (χ0) is 18.9. The molecule has 0 bridgehead atoms. The minimum absolute atomic E-state index is 0.306. The van der Waals surface area contributed by atoms with Crippen LogP contribution in [0, 0.1) is 0 Å². The molecule has 2 aromatic rings. The SMILES string of the molecule is COCCOc1cccc(NC(=O)c2ccccc2SC(C)C(=O)O)c1. The molecule has 0 saturated heterocycles. The van der Waals surface area contributed by atoms with Gasteiger partial charge in [0.25, 0.3) is 5.91 Å². The third kappa shape index (κ3) is 5.79. The van der Waals surface area contributed by atoms with E-state index in [-0.39, 0.29) is 5.91 Å². The summed E-state index contributed by atoms with van der Waals surface area (Å²) < 4.78 is 10.5. The van der Waals surface area contributed by atoms with Crippen LogP contribution >= 0.6 is 11.8 Å². The second-order valence-corrected chi connectivity index (χ2v) is 6.80. The van der Waals surface area contributed by atoms with Gasteiger partial charge in [0.15, 0.2) is 0 Å². The lowest BCUT2D eigenvalue weighted by molar-refractivity contribution is -0.136. The molecule has 1 atom stereocenters. The number of hydrogen-bond donors (Lipinski definition) is 2. The molecule has 26 heavy (non-hydrogen) atoms. The summed E-state index contributed by atoms with van der Waals surface area (Å²) in [7, 11) is 1.60. The molecule has 2 aromatic carbocycles. The number of thioether (sulfide) groups is 1. The second kappa shape index (κ2) is 9.84. The smallest absolute Gasteiger partial charge is 0.316 e. The van der Waals surface area contributed by atoms with Crippen LogP contribution in [0.1, 0.15) is 17.3 Å². The molecule has 0 aliphatic heterocycles. The number of methoxy groups -OCH3 is 1. The third-order valence-electron chi connectivity index (χ3n) is 3.43. The standard InChI is InChI=1S/C19H21NO5S/c1-13(19(22)23)26-17-9-4-3-8-16(17)18(21)20-14-6-5-7-15(12-14)25-11-10-24-2/h3-9,12-13H,10-11H2,1-2H3,(H,20,21)(H,22,23). The number of rotatable bonds is 9. The summed E-state index contributed by atoms with van der Waals surface area (Å²) in [6.45, 7) is 2.48. The molecule has 2 N–H and O–H groups in total. The van der Waals surface area contributed by atoms with Gasteiger partial charge in [-0.2, -0.15) is 0 Å². The van der Waals surface area contributed by atoms with E-state index in [4.69, 9.17) is 14.6 Å². The summed E-state index contributed by atoms with van der Waals surface area (Å²) in [4.78, 5) is 24.3. The minimum atomic E-state index is -0.925. The van der Waals surface area contributed by atoms with Crippen LogP contribution in [-0.4, -0.2) is 42.6 Å². The first-order valence-electron chi connectivity index (χ1n) is 8.03. The van der Waals surface area contributed by atoms with Gasteiger partial charge in [-0.15, -0.1) is 11.8 Å². The number of carbonyl (C=O) groups is 2. The lowest BCUT2D eigenvalue weighted by Crippen LogP contribution is -2.15. The van der Waals surface area contributed by atoms with Crippen LogP contribution in [0.2, 0.25) is 0 Å². The van der Waals surface area contributed by atoms with Gasteiger partial charge in [-0.3, -0.25) is 9.59 Å². The molecule has 0 aromatic heterocycles. The summed E-state index contributed by atoms with van der Waals surface area (Å²) in [6, 6.07) is 14.0. The van der Waals surface area contributed by atoms with E-state index in [1.807, 2.05) is 0 Å². The van der Waals surface area contributed by atoms with E-state index < -0.39 is 11.2 Å². The predicted molar refractivity (Wildman–Crippen MR) is 101 cm³/mol. The van der Waals surface area contributed by atoms with Crippen molar-refractivity contribution in [3.05, 3.63) is 54.1 Å². The molecule has 0 heterocycles. The fourth-order valence-corrected chi connectivity index (χ4v) is 3.03. The molecule has 0 aliphatic carbocycles. The van der Waals surface area contributed by atoms with Crippen molar-refractivity contribution in [1.29, 1.82) is 0 Å². The van der Waals surface area contributed by atoms with Crippen molar-refractivity contribution < 1.29 is 24.2 Å². The van der Waals surface area contributed by atoms with Crippen LogP contribution in [0.3, 0.4) is 0 Å². The molecule has 1 unspecified atom stereocenters. The first-order valence-corrected chi connectivity index (χ1v) is 8.91. The van der Waals surface area contributed by atoms with E-state index in [1.165, 1.54) is 0 Å². The highest BCUT2D eigenvalue weighted by molar-refractivity contribution is 8.00. The fraction of sp³-hybridized carbons (Fsp3) is 0.263. The molecule has 0 radical (unpaired) electrons. The molecular weight excluding hydrogens is 354 g/mol. The Morgan fingerprint density at radius 1 is 1.15 bits per heavy atom. The van der Waals surface area contributed by atoms with E-state index in [9.17, 15) is 9.59 Å². The van der Waals surface area contributed by atoms with Gasteiger partial charge in [-0.05, 0) is 31.2 Å². The topological polar surface area (TPSA) is 84.9 Å². The normalized spacial score (nSPS) is 11.6. The number of hydrogen-bond acceptors (Lipinski definition) is 5. The van der Waals surface area contributed by atoms with Gasteiger partial charge in [-0.25, -0.2) is 0 Å². The van der Waals surface area contributed by atoms with Crippen molar-refractivity contribution in [2.24, 2.45) is 0 Å². The maximum absolute atomic E-state index is 12.6. The number of carboxylic acids is 1. The van der Waals surface area contributed by atoms with Gasteiger partial charge in [0.1, 0.15) is 17.6 Å². The van der Waals surface area contributed by atoms with Crippen molar-refractivity contribution in [1.82, 2.24) is 0 Å². The molecule has 0 saturated carbocycles. The highest BCUT2D eigenvalue weighted by Crippen LogP contribution is 2.28. The zero-order valence-electron chi connectivity index (χ0n) is 14.6. The van der Waals surface area contributed by atoms with Gasteiger partial charge in [-0.1, -0.05) is 18.2 Å². The summed E-state index contributed by atoms with van der Waals surface area (Å²) in [5.41, 5.74) is 1.02. The summed E-state index contributed by atoms with van der Waals surface area (Å²) in [6.07, 6.45) is 0. The van der Waals surface area contributed by atoms with Crippen molar-refractivity contribution in [2.75, 3.05) is 25.6 Å². The van der Waals surface area contributed by atoms with Crippen LogP contribution in [0.4, 0.5) is 5.69 Å². The number of carboxylic acid groups (broad SMARTS) is 1. The molecule has 0 spiro atoms. The summed E-state index contributed by atoms with van der Waals surface area (Å²) in [5.74, 6) is -0.604. The predicted octanol–water partition coefficient (Wildman–Crippen LogP) is 3.53. The summed E-state index contributed by atoms with van der Waals surface area (Å²) in [5, 5.41) is 11.3. The van der Waals surface area contributed by atoms with E-state index >= 15 is 0 Å². The number of carbonyl (C=O) groups excluding carboxylic acids is 1. The Morgan fingerprint density at radius 2 is 1.92 bits per heavy atom. The van der Waals surface area contributed by atoms with Gasteiger partial charge >= 0.3 is 5.97 Å². The number of anilines is 1. The number of aliphatic carboxylic acids is 1. The highest BCUT2D eigenvalue weighted by Gasteiger charge is 2.18. The Kier molecular flexibility index (Phi) is 7.50. The summed E-state index contributed by atoms with van der Waals surface area (Å²) >= 11 is 1.13. The molecular formula is C19H21NO5S. The van der Waals surface area contributed by atoms with Gasteiger partial charge in [0, 0.05) is 23.8 Å². The van der Waals surface area contributed by atoms with Gasteiger partial charge < -0.3 is 19.9 Å². The number of amides is 1. The molecule has 0 aliphatic rings. The number of benzene rings is 2. The Hall–Kier alpha value is -2.51. The first-order chi connectivity index (χ1) is 12.5. The van der Waals surface area contributed by atoms with Crippen molar-refractivity contribution in [2.45, 2.75) is 17.1 Å². The van der Waals surface area contributed by atoms with Crippen LogP contribution in [0.15, 0.2) is 53.4 Å². The molecule has 1 amide bonds. The minimum Gasteiger partial charge on any atom is -0.491 e. The lowest BCUT2D eigenvalue weighted by Gasteiger charge is -2.12. The molecule has 7 heteroatoms. The Bertz CT molecular complexity index is 765. The maximum atomic E-state index is 12.6. The highest BCUT2D eigenvalue weighted by atomic mass is 32.2. The van der Waals surface area contributed by atoms with Crippen LogP contribution in [0.5, 0.6) is 5.75 Å². The zero-order valence-corrected chi connectivity index (χ0v) is 15.4. The third-order valence-corrected chi connectivity index (χ3v) is 4.60. The average molecular weight is 375 g/mol. The van der Waals surface area contributed by atoms with E-state index in [2.05, 4.69) is 5.32 Å². The Morgan fingerprint density at radius 3 is 2.65 bits per heavy atom. The Balaban J connectivity index is 2.10. The fourth-order valence-electron chi connectivity index (χ4n) is 2.10. The maximum Gasteiger partial charge on any atom is 0.316 e. The van der Waals surface area contributed by atoms with Gasteiger partial charge in [0.2, 0.25) is 0 Å². The van der Waals surface area contributed by atoms with Gasteiger partial charge in [0.05, 0.1) is 12.2 Å². The van der Waals surface area contributed by atoms with Crippen LogP contribution < -0.4 is 10.1 Å². The number of nitrogens with one attached hydrogen (secondary N) is 1. The Labute approximate surface area is 156 Å². The molecule has 138 valence electrons. The van der Waals surface area contributed by atoms with E-state index in [0.717, 1.165) is 11.8 Å². The van der Waals surface area contributed by atoms with Crippen molar-refractivity contribution >= 4 is 29.3 Å². The quantitative estimate of drug-likeness (QED) is 0.515.